The number of rotatable bonds is 6. The van der Waals surface area contributed by atoms with Crippen LogP contribution in [0.3, 0.4) is 0 Å². The molecular weight excluding hydrogens is 345 g/mol. The molecule has 0 aliphatic rings. The molecule has 0 radical (unpaired) electrons. The molecule has 0 saturated carbocycles. The van der Waals surface area contributed by atoms with Crippen molar-refractivity contribution in [2.24, 2.45) is 0 Å². The van der Waals surface area contributed by atoms with Gasteiger partial charge in [-0.1, -0.05) is 0 Å². The Balaban J connectivity index is 2.70. The van der Waals surface area contributed by atoms with Gasteiger partial charge in [0.15, 0.2) is 0 Å². The Bertz CT molecular complexity index is 540. The summed E-state index contributed by atoms with van der Waals surface area (Å²) in [4.78, 5) is 25.0. The number of anilines is 1. The number of hydrogen-bond donors (Lipinski definition) is 2. The summed E-state index contributed by atoms with van der Waals surface area (Å²) in [5.41, 5.74) is 5.52. The Kier molecular flexibility index (Phi) is 6.57. The summed E-state index contributed by atoms with van der Waals surface area (Å²) in [6, 6.07) is 2.36. The molecule has 1 aromatic carbocycles. The smallest absolute Gasteiger partial charge is 0.255 e. The second-order valence-electron chi connectivity index (χ2n) is 4.36. The quantitative estimate of drug-likeness (QED) is 0.584. The van der Waals surface area contributed by atoms with E-state index in [-0.39, 0.29) is 28.2 Å². The van der Waals surface area contributed by atoms with Gasteiger partial charge in [-0.2, -0.15) is 0 Å². The summed E-state index contributed by atoms with van der Waals surface area (Å²) in [7, 11) is 3.00. The van der Waals surface area contributed by atoms with E-state index in [0.717, 1.165) is 6.07 Å². The van der Waals surface area contributed by atoms with Crippen molar-refractivity contribution in [1.82, 2.24) is 10.2 Å². The minimum absolute atomic E-state index is 0.119. The normalized spacial score (nSPS) is 10.3. The van der Waals surface area contributed by atoms with E-state index >= 15 is 0 Å². The third-order valence-corrected chi connectivity index (χ3v) is 3.33. The van der Waals surface area contributed by atoms with Gasteiger partial charge in [0.2, 0.25) is 5.91 Å². The Morgan fingerprint density at radius 2 is 2.14 bits per heavy atom. The summed E-state index contributed by atoms with van der Waals surface area (Å²) in [6.07, 6.45) is 0. The Morgan fingerprint density at radius 1 is 1.48 bits per heavy atom. The van der Waals surface area contributed by atoms with Gasteiger partial charge in [-0.25, -0.2) is 4.39 Å². The van der Waals surface area contributed by atoms with Gasteiger partial charge in [-0.15, -0.1) is 0 Å². The summed E-state index contributed by atoms with van der Waals surface area (Å²) in [5.74, 6) is -1.36. The third-order valence-electron chi connectivity index (χ3n) is 2.67. The second-order valence-corrected chi connectivity index (χ2v) is 5.21. The summed E-state index contributed by atoms with van der Waals surface area (Å²) < 4.78 is 18.3. The van der Waals surface area contributed by atoms with Gasteiger partial charge in [0, 0.05) is 25.2 Å². The lowest BCUT2D eigenvalue weighted by molar-refractivity contribution is -0.121. The van der Waals surface area contributed by atoms with Gasteiger partial charge in [0.25, 0.3) is 5.91 Å². The number of nitrogens with two attached hydrogens (primary N) is 1. The molecule has 1 aromatic rings. The molecule has 0 atom stereocenters. The number of nitrogen functional groups attached to an aromatic ring is 1. The van der Waals surface area contributed by atoms with E-state index < -0.39 is 11.7 Å². The fraction of sp³-hybridized carbons (Fsp3) is 0.385. The number of nitrogens with zero attached hydrogens (tertiary/aromatic N) is 1. The highest BCUT2D eigenvalue weighted by Crippen LogP contribution is 2.23. The number of carbonyl (C=O) groups is 2. The lowest BCUT2D eigenvalue weighted by Crippen LogP contribution is -2.39. The van der Waals surface area contributed by atoms with Crippen molar-refractivity contribution in [3.05, 3.63) is 28.0 Å². The molecule has 0 saturated heterocycles. The number of carbonyl (C=O) groups excluding carboxylic acids is 2. The maximum Gasteiger partial charge on any atom is 0.255 e. The van der Waals surface area contributed by atoms with Gasteiger partial charge < -0.3 is 20.7 Å². The first-order valence-electron chi connectivity index (χ1n) is 6.12. The van der Waals surface area contributed by atoms with E-state index in [9.17, 15) is 14.0 Å². The zero-order chi connectivity index (χ0) is 16.0. The Hall–Kier alpha value is -1.67. The number of likely N-dealkylation sites (N-methyl/N-ethyl adjacent to an activating group) is 1. The third kappa shape index (κ3) is 4.98. The van der Waals surface area contributed by atoms with Gasteiger partial charge in [-0.3, -0.25) is 9.59 Å². The van der Waals surface area contributed by atoms with Crippen molar-refractivity contribution >= 4 is 33.4 Å². The molecule has 0 bridgehead atoms. The van der Waals surface area contributed by atoms with Gasteiger partial charge in [0.05, 0.1) is 24.4 Å². The van der Waals surface area contributed by atoms with Crippen LogP contribution in [-0.4, -0.2) is 50.6 Å². The molecule has 0 aliphatic heterocycles. The second kappa shape index (κ2) is 7.94. The van der Waals surface area contributed by atoms with Crippen molar-refractivity contribution in [1.29, 1.82) is 0 Å². The summed E-state index contributed by atoms with van der Waals surface area (Å²) in [5, 5.41) is 2.60. The molecule has 0 aliphatic carbocycles. The highest BCUT2D eigenvalue weighted by molar-refractivity contribution is 9.10. The molecule has 6 nitrogen and oxygen atoms in total. The number of halogens is 2. The van der Waals surface area contributed by atoms with E-state index in [1.54, 1.807) is 0 Å². The fourth-order valence-electron chi connectivity index (χ4n) is 1.57. The minimum atomic E-state index is -0.613. The number of methoxy groups -OCH3 is 1. The van der Waals surface area contributed by atoms with Crippen molar-refractivity contribution in [2.45, 2.75) is 0 Å². The van der Waals surface area contributed by atoms with E-state index in [1.165, 1.54) is 25.1 Å². The van der Waals surface area contributed by atoms with Crippen LogP contribution in [0.25, 0.3) is 0 Å². The number of amides is 2. The number of benzene rings is 1. The maximum absolute atomic E-state index is 13.3. The van der Waals surface area contributed by atoms with E-state index in [0.29, 0.717) is 13.2 Å². The predicted octanol–water partition coefficient (Wildman–Crippen LogP) is 1.01. The molecule has 0 spiro atoms. The molecule has 0 heterocycles. The molecule has 8 heteroatoms. The van der Waals surface area contributed by atoms with Crippen LogP contribution >= 0.6 is 15.9 Å². The number of nitrogens with one attached hydrogen (secondary N) is 1. The molecule has 1 rings (SSSR count). The fourth-order valence-corrected chi connectivity index (χ4v) is 2.06. The van der Waals surface area contributed by atoms with Gasteiger partial charge in [-0.05, 0) is 28.1 Å². The van der Waals surface area contributed by atoms with Crippen LogP contribution in [0.1, 0.15) is 10.4 Å². The highest BCUT2D eigenvalue weighted by Gasteiger charge is 2.19. The monoisotopic (exact) mass is 361 g/mol. The predicted molar refractivity (Wildman–Crippen MR) is 80.4 cm³/mol. The van der Waals surface area contributed by atoms with Crippen LogP contribution in [0.4, 0.5) is 10.1 Å². The van der Waals surface area contributed by atoms with Crippen LogP contribution in [0.15, 0.2) is 16.6 Å². The lowest BCUT2D eigenvalue weighted by Gasteiger charge is -2.18. The van der Waals surface area contributed by atoms with Crippen LogP contribution < -0.4 is 11.1 Å². The lowest BCUT2D eigenvalue weighted by atomic mass is 10.1. The van der Waals surface area contributed by atoms with Crippen LogP contribution in [-0.2, 0) is 9.53 Å². The average Bonchev–Trinajstić information content (AvgIpc) is 2.42. The molecule has 0 unspecified atom stereocenters. The first kappa shape index (κ1) is 17.4. The van der Waals surface area contributed by atoms with E-state index in [1.807, 2.05) is 0 Å². The highest BCUT2D eigenvalue weighted by atomic mass is 79.9. The van der Waals surface area contributed by atoms with Gasteiger partial charge in [0.1, 0.15) is 5.82 Å². The average molecular weight is 362 g/mol. The molecule has 0 fully saturated rings. The standard InChI is InChI=1S/C13H17BrFN3O3/c1-18(7-12(19)17-3-4-21-2)13(20)8-5-11(16)10(15)6-9(8)14/h5-6H,3-4,7,16H2,1-2H3,(H,17,19). The number of ether oxygens (including phenoxy) is 1. The van der Waals surface area contributed by atoms with Crippen molar-refractivity contribution in [2.75, 3.05) is 39.6 Å². The molecule has 2 amide bonds. The van der Waals surface area contributed by atoms with Gasteiger partial charge >= 0.3 is 0 Å². The van der Waals surface area contributed by atoms with Crippen LogP contribution in [0.5, 0.6) is 0 Å². The van der Waals surface area contributed by atoms with E-state index in [4.69, 9.17) is 10.5 Å². The minimum Gasteiger partial charge on any atom is -0.396 e. The van der Waals surface area contributed by atoms with Crippen LogP contribution in [0.2, 0.25) is 0 Å². The first-order valence-corrected chi connectivity index (χ1v) is 6.91. The largest absolute Gasteiger partial charge is 0.396 e. The molecule has 3 N–H and O–H groups in total. The molecular formula is C13H17BrFN3O3. The zero-order valence-electron chi connectivity index (χ0n) is 11.8. The SMILES string of the molecule is COCCNC(=O)CN(C)C(=O)c1cc(N)c(F)cc1Br. The number of hydrogen-bond acceptors (Lipinski definition) is 4. The van der Waals surface area contributed by atoms with Crippen LogP contribution in [0, 0.1) is 5.82 Å². The molecule has 116 valence electrons. The summed E-state index contributed by atoms with van der Waals surface area (Å²) >= 11 is 3.11. The zero-order valence-corrected chi connectivity index (χ0v) is 13.4. The Morgan fingerprint density at radius 3 is 2.76 bits per heavy atom. The molecule has 0 aromatic heterocycles. The summed E-state index contributed by atoms with van der Waals surface area (Å²) in [6.45, 7) is 0.639. The Labute approximate surface area is 130 Å². The maximum atomic E-state index is 13.3. The van der Waals surface area contributed by atoms with Crippen molar-refractivity contribution in [3.63, 3.8) is 0 Å². The molecule has 21 heavy (non-hydrogen) atoms. The van der Waals surface area contributed by atoms with E-state index in [2.05, 4.69) is 21.2 Å². The first-order chi connectivity index (χ1) is 9.86. The topological polar surface area (TPSA) is 84.7 Å². The van der Waals surface area contributed by atoms with Crippen molar-refractivity contribution < 1.29 is 18.7 Å². The van der Waals surface area contributed by atoms with Crippen molar-refractivity contribution in [3.8, 4) is 0 Å².